The van der Waals surface area contributed by atoms with Gasteiger partial charge in [0.25, 0.3) is 0 Å². The van der Waals surface area contributed by atoms with Crippen LogP contribution in [-0.4, -0.2) is 11.0 Å². The number of rotatable bonds is 3. The minimum atomic E-state index is -0.515. The number of benzene rings is 2. The average molecular weight is 392 g/mol. The second-order valence-electron chi connectivity index (χ2n) is 6.15. The lowest BCUT2D eigenvalue weighted by Crippen LogP contribution is -2.10. The summed E-state index contributed by atoms with van der Waals surface area (Å²) in [5.74, 6) is 0.243. The Hall–Kier alpha value is -3.44. The highest BCUT2D eigenvalue weighted by molar-refractivity contribution is 6.30. The van der Waals surface area contributed by atoms with Crippen LogP contribution in [0.2, 0.25) is 5.02 Å². The van der Waals surface area contributed by atoms with Gasteiger partial charge in [-0.05, 0) is 48.9 Å². The quantitative estimate of drug-likeness (QED) is 0.361. The number of esters is 1. The van der Waals surface area contributed by atoms with Crippen LogP contribution in [0, 0.1) is 6.92 Å². The van der Waals surface area contributed by atoms with Gasteiger partial charge in [-0.15, -0.1) is 0 Å². The molecule has 5 nitrogen and oxygen atoms in total. The van der Waals surface area contributed by atoms with Crippen LogP contribution in [0.1, 0.15) is 16.1 Å². The van der Waals surface area contributed by atoms with Gasteiger partial charge in [-0.2, -0.15) is 0 Å². The number of aryl methyl sites for hydroxylation is 1. The van der Waals surface area contributed by atoms with E-state index in [-0.39, 0.29) is 11.2 Å². The molecule has 0 N–H and O–H groups in total. The van der Waals surface area contributed by atoms with Crippen molar-refractivity contribution in [3.63, 3.8) is 0 Å². The second-order valence-corrected chi connectivity index (χ2v) is 6.59. The number of halogens is 1. The Morgan fingerprint density at radius 3 is 2.46 bits per heavy atom. The smallest absolute Gasteiger partial charge is 0.343 e. The lowest BCUT2D eigenvalue weighted by atomic mass is 10.0. The third-order valence-corrected chi connectivity index (χ3v) is 4.55. The van der Waals surface area contributed by atoms with Crippen molar-refractivity contribution in [3.8, 4) is 16.9 Å². The van der Waals surface area contributed by atoms with E-state index in [2.05, 4.69) is 4.98 Å². The van der Waals surface area contributed by atoms with Crippen LogP contribution in [0.25, 0.3) is 22.1 Å². The number of pyridine rings is 1. The Balaban J connectivity index is 1.73. The van der Waals surface area contributed by atoms with Crippen LogP contribution >= 0.6 is 11.6 Å². The summed E-state index contributed by atoms with van der Waals surface area (Å²) in [4.78, 5) is 29.0. The van der Waals surface area contributed by atoms with Crippen molar-refractivity contribution in [3.05, 3.63) is 93.6 Å². The van der Waals surface area contributed by atoms with Crippen molar-refractivity contribution in [1.29, 1.82) is 0 Å². The average Bonchev–Trinajstić information content (AvgIpc) is 2.70. The van der Waals surface area contributed by atoms with Gasteiger partial charge in [-0.25, -0.2) is 4.79 Å². The van der Waals surface area contributed by atoms with E-state index in [0.29, 0.717) is 32.9 Å². The second kappa shape index (κ2) is 7.29. The van der Waals surface area contributed by atoms with Gasteiger partial charge in [-0.3, -0.25) is 9.78 Å². The van der Waals surface area contributed by atoms with Crippen LogP contribution in [0.3, 0.4) is 0 Å². The molecular weight excluding hydrogens is 378 g/mol. The molecule has 0 spiro atoms. The van der Waals surface area contributed by atoms with Gasteiger partial charge in [0.15, 0.2) is 0 Å². The molecule has 28 heavy (non-hydrogen) atoms. The topological polar surface area (TPSA) is 69.4 Å². The third-order valence-electron chi connectivity index (χ3n) is 4.30. The minimum Gasteiger partial charge on any atom is -0.460 e. The van der Waals surface area contributed by atoms with E-state index < -0.39 is 5.97 Å². The molecule has 0 saturated carbocycles. The number of ether oxygens (including phenoxy) is 1. The molecule has 0 aliphatic rings. The molecule has 4 rings (SSSR count). The maximum absolute atomic E-state index is 13.0. The van der Waals surface area contributed by atoms with E-state index in [9.17, 15) is 9.59 Å². The number of hydrogen-bond acceptors (Lipinski definition) is 5. The largest absolute Gasteiger partial charge is 0.460 e. The van der Waals surface area contributed by atoms with Crippen LogP contribution in [-0.2, 0) is 0 Å². The first-order valence-corrected chi connectivity index (χ1v) is 8.86. The molecule has 2 aromatic heterocycles. The molecule has 0 radical (unpaired) electrons. The monoisotopic (exact) mass is 391 g/mol. The third kappa shape index (κ3) is 3.40. The molecule has 0 saturated heterocycles. The molecule has 138 valence electrons. The van der Waals surface area contributed by atoms with Crippen LogP contribution in [0.15, 0.2) is 76.2 Å². The molecule has 2 heterocycles. The zero-order valence-electron chi connectivity index (χ0n) is 14.8. The molecule has 0 unspecified atom stereocenters. The van der Waals surface area contributed by atoms with Crippen LogP contribution in [0.4, 0.5) is 0 Å². The van der Waals surface area contributed by atoms with Crippen LogP contribution < -0.4 is 10.2 Å². The first-order valence-electron chi connectivity index (χ1n) is 8.48. The highest BCUT2D eigenvalue weighted by Gasteiger charge is 2.15. The molecule has 0 bridgehead atoms. The lowest BCUT2D eigenvalue weighted by molar-refractivity contribution is 0.0735. The van der Waals surface area contributed by atoms with E-state index in [1.807, 2.05) is 0 Å². The fourth-order valence-electron chi connectivity index (χ4n) is 2.95. The summed E-state index contributed by atoms with van der Waals surface area (Å²) in [6.45, 7) is 1.72. The summed E-state index contributed by atoms with van der Waals surface area (Å²) >= 11 is 5.93. The molecule has 4 aromatic rings. The van der Waals surface area contributed by atoms with Gasteiger partial charge < -0.3 is 9.15 Å². The van der Waals surface area contributed by atoms with Gasteiger partial charge in [-0.1, -0.05) is 23.7 Å². The lowest BCUT2D eigenvalue weighted by Gasteiger charge is -2.09. The van der Waals surface area contributed by atoms with E-state index in [4.69, 9.17) is 20.8 Å². The summed E-state index contributed by atoms with van der Waals surface area (Å²) in [5.41, 5.74) is 1.77. The molecular formula is C22H14ClNO4. The summed E-state index contributed by atoms with van der Waals surface area (Å²) in [5, 5.41) is 0.992. The first-order chi connectivity index (χ1) is 13.5. The summed E-state index contributed by atoms with van der Waals surface area (Å²) in [7, 11) is 0. The number of carbonyl (C=O) groups is 1. The first kappa shape index (κ1) is 17.9. The molecule has 6 heteroatoms. The van der Waals surface area contributed by atoms with E-state index in [1.165, 1.54) is 18.5 Å². The summed E-state index contributed by atoms with van der Waals surface area (Å²) in [6.07, 6.45) is 3.02. The molecule has 0 aliphatic carbocycles. The van der Waals surface area contributed by atoms with Gasteiger partial charge in [0.05, 0.1) is 16.5 Å². The highest BCUT2D eigenvalue weighted by Crippen LogP contribution is 2.27. The van der Waals surface area contributed by atoms with Crippen molar-refractivity contribution < 1.29 is 13.9 Å². The van der Waals surface area contributed by atoms with E-state index in [0.717, 1.165) is 5.56 Å². The molecule has 0 amide bonds. The SMILES string of the molecule is Cc1oc2cc(OC(=O)c3ccncc3)ccc2c(=O)c1-c1ccc(Cl)cc1. The fraction of sp³-hybridized carbons (Fsp3) is 0.0455. The Morgan fingerprint density at radius 1 is 1.04 bits per heavy atom. The number of aromatic nitrogens is 1. The van der Waals surface area contributed by atoms with Crippen molar-refractivity contribution in [2.75, 3.05) is 0 Å². The Bertz CT molecular complexity index is 1230. The number of hydrogen-bond donors (Lipinski definition) is 0. The maximum Gasteiger partial charge on any atom is 0.343 e. The zero-order valence-corrected chi connectivity index (χ0v) is 15.6. The molecule has 0 fully saturated rings. The highest BCUT2D eigenvalue weighted by atomic mass is 35.5. The van der Waals surface area contributed by atoms with Crippen molar-refractivity contribution >= 4 is 28.5 Å². The van der Waals surface area contributed by atoms with Crippen LogP contribution in [0.5, 0.6) is 5.75 Å². The minimum absolute atomic E-state index is 0.159. The molecule has 2 aromatic carbocycles. The molecule has 0 aliphatic heterocycles. The van der Waals surface area contributed by atoms with E-state index >= 15 is 0 Å². The van der Waals surface area contributed by atoms with Gasteiger partial charge in [0.1, 0.15) is 17.1 Å². The normalized spacial score (nSPS) is 10.8. The van der Waals surface area contributed by atoms with Crippen molar-refractivity contribution in [2.24, 2.45) is 0 Å². The summed E-state index contributed by atoms with van der Waals surface area (Å²) < 4.78 is 11.2. The summed E-state index contributed by atoms with van der Waals surface area (Å²) in [6, 6.07) is 14.8. The Kier molecular flexibility index (Phi) is 4.67. The predicted molar refractivity (Wildman–Crippen MR) is 107 cm³/mol. The number of nitrogens with zero attached hydrogens (tertiary/aromatic N) is 1. The van der Waals surface area contributed by atoms with Gasteiger partial charge >= 0.3 is 5.97 Å². The molecule has 0 atom stereocenters. The fourth-order valence-corrected chi connectivity index (χ4v) is 3.08. The van der Waals surface area contributed by atoms with Gasteiger partial charge in [0.2, 0.25) is 5.43 Å². The van der Waals surface area contributed by atoms with E-state index in [1.54, 1.807) is 55.5 Å². The van der Waals surface area contributed by atoms with Crippen molar-refractivity contribution in [2.45, 2.75) is 6.92 Å². The Labute approximate surface area is 165 Å². The van der Waals surface area contributed by atoms with Gasteiger partial charge in [0, 0.05) is 23.5 Å². The maximum atomic E-state index is 13.0. The Morgan fingerprint density at radius 2 is 1.75 bits per heavy atom. The number of carbonyl (C=O) groups excluding carboxylic acids is 1. The zero-order chi connectivity index (χ0) is 19.7. The van der Waals surface area contributed by atoms with Crippen molar-refractivity contribution in [1.82, 2.24) is 4.98 Å². The predicted octanol–water partition coefficient (Wildman–Crippen LogP) is 5.04. The number of fused-ring (bicyclic) bond motifs is 1. The standard InChI is InChI=1S/C22H14ClNO4/c1-13-20(14-2-4-16(23)5-3-14)21(25)18-7-6-17(12-19(18)27-13)28-22(26)15-8-10-24-11-9-15/h2-12H,1H3.